The van der Waals surface area contributed by atoms with Crippen molar-refractivity contribution in [2.75, 3.05) is 6.61 Å². The molecule has 0 saturated carbocycles. The standard InChI is InChI=1S/C6H9F2NO2/c1-2-3-6(10)9-11-4-5(7)8/h2-3,5H,4H2,1H3,(H,9,10)/b3-2+. The maximum absolute atomic E-state index is 11.4. The fourth-order valence-electron chi connectivity index (χ4n) is 0.361. The highest BCUT2D eigenvalue weighted by Gasteiger charge is 2.02. The molecule has 0 unspecified atom stereocenters. The third kappa shape index (κ3) is 6.92. The predicted octanol–water partition coefficient (Wildman–Crippen LogP) is 0.875. The van der Waals surface area contributed by atoms with E-state index in [0.717, 1.165) is 0 Å². The second-order valence-electron chi connectivity index (χ2n) is 1.67. The molecule has 0 rings (SSSR count). The Hall–Kier alpha value is -0.970. The number of rotatable bonds is 4. The number of hydrogen-bond donors (Lipinski definition) is 1. The summed E-state index contributed by atoms with van der Waals surface area (Å²) in [6.45, 7) is 0.843. The first-order valence-corrected chi connectivity index (χ1v) is 2.99. The van der Waals surface area contributed by atoms with Gasteiger partial charge in [-0.1, -0.05) is 6.08 Å². The third-order valence-electron chi connectivity index (χ3n) is 0.700. The highest BCUT2D eigenvalue weighted by molar-refractivity contribution is 5.86. The molecule has 0 aromatic carbocycles. The topological polar surface area (TPSA) is 38.3 Å². The van der Waals surface area contributed by atoms with Gasteiger partial charge >= 0.3 is 0 Å². The van der Waals surface area contributed by atoms with E-state index in [2.05, 4.69) is 4.84 Å². The summed E-state index contributed by atoms with van der Waals surface area (Å²) in [6, 6.07) is 0. The Morgan fingerprint density at radius 1 is 1.73 bits per heavy atom. The lowest BCUT2D eigenvalue weighted by atomic mass is 10.5. The van der Waals surface area contributed by atoms with E-state index < -0.39 is 18.9 Å². The van der Waals surface area contributed by atoms with Crippen LogP contribution in [0.25, 0.3) is 0 Å². The summed E-state index contributed by atoms with van der Waals surface area (Å²) in [5.41, 5.74) is 1.81. The van der Waals surface area contributed by atoms with E-state index in [1.807, 2.05) is 5.48 Å². The first kappa shape index (κ1) is 10.0. The molecule has 0 fully saturated rings. The lowest BCUT2D eigenvalue weighted by molar-refractivity contribution is -0.131. The third-order valence-corrected chi connectivity index (χ3v) is 0.700. The number of hydrogen-bond acceptors (Lipinski definition) is 2. The van der Waals surface area contributed by atoms with E-state index in [0.29, 0.717) is 0 Å². The summed E-state index contributed by atoms with van der Waals surface area (Å²) < 4.78 is 22.8. The van der Waals surface area contributed by atoms with Crippen LogP contribution in [0.1, 0.15) is 6.92 Å². The van der Waals surface area contributed by atoms with Crippen molar-refractivity contribution in [2.24, 2.45) is 0 Å². The van der Waals surface area contributed by atoms with Crippen LogP contribution in [-0.4, -0.2) is 18.9 Å². The van der Waals surface area contributed by atoms with Crippen LogP contribution < -0.4 is 5.48 Å². The van der Waals surface area contributed by atoms with Crippen molar-refractivity contribution >= 4 is 5.91 Å². The maximum atomic E-state index is 11.4. The summed E-state index contributed by atoms with van der Waals surface area (Å²) in [6.07, 6.45) is 0.0768. The molecular weight excluding hydrogens is 156 g/mol. The van der Waals surface area contributed by atoms with Gasteiger partial charge in [-0.05, 0) is 6.92 Å². The first-order chi connectivity index (χ1) is 5.16. The van der Waals surface area contributed by atoms with E-state index in [-0.39, 0.29) is 0 Å². The van der Waals surface area contributed by atoms with Gasteiger partial charge in [0.15, 0.2) is 0 Å². The van der Waals surface area contributed by atoms with Gasteiger partial charge < -0.3 is 0 Å². The van der Waals surface area contributed by atoms with Crippen molar-refractivity contribution in [3.05, 3.63) is 12.2 Å². The van der Waals surface area contributed by atoms with Gasteiger partial charge in [0.1, 0.15) is 6.61 Å². The molecule has 5 heteroatoms. The summed E-state index contributed by atoms with van der Waals surface area (Å²) in [5.74, 6) is -0.548. The van der Waals surface area contributed by atoms with Gasteiger partial charge in [-0.25, -0.2) is 14.3 Å². The van der Waals surface area contributed by atoms with Gasteiger partial charge in [0.2, 0.25) is 0 Å². The zero-order valence-corrected chi connectivity index (χ0v) is 6.01. The number of carbonyl (C=O) groups is 1. The van der Waals surface area contributed by atoms with E-state index in [1.54, 1.807) is 6.92 Å². The lowest BCUT2D eigenvalue weighted by Crippen LogP contribution is -2.24. The number of amides is 1. The zero-order chi connectivity index (χ0) is 8.69. The van der Waals surface area contributed by atoms with Crippen LogP contribution in [0.2, 0.25) is 0 Å². The van der Waals surface area contributed by atoms with Crippen LogP contribution in [0.15, 0.2) is 12.2 Å². The SMILES string of the molecule is C/C=C/C(=O)NOCC(F)F. The normalized spacial score (nSPS) is 10.9. The monoisotopic (exact) mass is 165 g/mol. The van der Waals surface area contributed by atoms with Crippen molar-refractivity contribution < 1.29 is 18.4 Å². The predicted molar refractivity (Wildman–Crippen MR) is 34.9 cm³/mol. The summed E-state index contributed by atoms with van der Waals surface area (Å²) >= 11 is 0. The Morgan fingerprint density at radius 3 is 2.82 bits per heavy atom. The maximum Gasteiger partial charge on any atom is 0.267 e. The lowest BCUT2D eigenvalue weighted by Gasteiger charge is -2.00. The number of nitrogens with one attached hydrogen (secondary N) is 1. The fourth-order valence-corrected chi connectivity index (χ4v) is 0.361. The molecule has 0 atom stereocenters. The molecule has 0 saturated heterocycles. The molecule has 1 amide bonds. The number of hydroxylamine groups is 1. The van der Waals surface area contributed by atoms with E-state index in [1.165, 1.54) is 12.2 Å². The number of halogens is 2. The molecule has 0 aromatic rings. The van der Waals surface area contributed by atoms with Gasteiger partial charge in [0, 0.05) is 6.08 Å². The smallest absolute Gasteiger partial charge is 0.267 e. The van der Waals surface area contributed by atoms with E-state index >= 15 is 0 Å². The van der Waals surface area contributed by atoms with Crippen LogP contribution in [0.3, 0.4) is 0 Å². The second-order valence-corrected chi connectivity index (χ2v) is 1.67. The van der Waals surface area contributed by atoms with Crippen LogP contribution >= 0.6 is 0 Å². The summed E-state index contributed by atoms with van der Waals surface area (Å²) in [4.78, 5) is 14.6. The number of carbonyl (C=O) groups excluding carboxylic acids is 1. The van der Waals surface area contributed by atoms with Crippen molar-refractivity contribution in [3.63, 3.8) is 0 Å². The van der Waals surface area contributed by atoms with Gasteiger partial charge in [-0.2, -0.15) is 0 Å². The van der Waals surface area contributed by atoms with Crippen LogP contribution in [0.4, 0.5) is 8.78 Å². The average Bonchev–Trinajstić information content (AvgIpc) is 1.87. The molecule has 0 aliphatic carbocycles. The van der Waals surface area contributed by atoms with Gasteiger partial charge in [-0.3, -0.25) is 9.63 Å². The molecule has 3 nitrogen and oxygen atoms in total. The molecule has 0 radical (unpaired) electrons. The quantitative estimate of drug-likeness (QED) is 0.496. The van der Waals surface area contributed by atoms with Crippen molar-refractivity contribution in [1.82, 2.24) is 5.48 Å². The largest absolute Gasteiger partial charge is 0.268 e. The Kier molecular flexibility index (Phi) is 5.28. The molecular formula is C6H9F2NO2. The van der Waals surface area contributed by atoms with E-state index in [9.17, 15) is 13.6 Å². The van der Waals surface area contributed by atoms with Gasteiger partial charge in [0.05, 0.1) is 0 Å². The Bertz CT molecular complexity index is 148. The highest BCUT2D eigenvalue weighted by Crippen LogP contribution is 1.89. The number of allylic oxidation sites excluding steroid dienone is 1. The second kappa shape index (κ2) is 5.79. The van der Waals surface area contributed by atoms with Crippen LogP contribution in [0.5, 0.6) is 0 Å². The molecule has 0 bridgehead atoms. The summed E-state index contributed by atoms with van der Waals surface area (Å²) in [5, 5.41) is 0. The van der Waals surface area contributed by atoms with Crippen molar-refractivity contribution in [1.29, 1.82) is 0 Å². The fraction of sp³-hybridized carbons (Fsp3) is 0.500. The highest BCUT2D eigenvalue weighted by atomic mass is 19.3. The van der Waals surface area contributed by atoms with Crippen LogP contribution in [0, 0.1) is 0 Å². The molecule has 0 spiro atoms. The molecule has 1 N–H and O–H groups in total. The number of alkyl halides is 2. The molecule has 0 aromatic heterocycles. The Labute approximate surface area is 63.0 Å². The molecule has 0 aliphatic rings. The van der Waals surface area contributed by atoms with Crippen molar-refractivity contribution in [2.45, 2.75) is 13.3 Å². The van der Waals surface area contributed by atoms with Gasteiger partial charge in [0.25, 0.3) is 12.3 Å². The minimum Gasteiger partial charge on any atom is -0.268 e. The summed E-state index contributed by atoms with van der Waals surface area (Å²) in [7, 11) is 0. The van der Waals surface area contributed by atoms with Crippen LogP contribution in [-0.2, 0) is 9.63 Å². The van der Waals surface area contributed by atoms with Gasteiger partial charge in [-0.15, -0.1) is 0 Å². The molecule has 0 aliphatic heterocycles. The average molecular weight is 165 g/mol. The Morgan fingerprint density at radius 2 is 2.36 bits per heavy atom. The minimum absolute atomic E-state index is 0.548. The van der Waals surface area contributed by atoms with E-state index in [4.69, 9.17) is 0 Å². The first-order valence-electron chi connectivity index (χ1n) is 2.99. The molecule has 0 heterocycles. The Balaban J connectivity index is 3.32. The molecule has 11 heavy (non-hydrogen) atoms. The van der Waals surface area contributed by atoms with Crippen molar-refractivity contribution in [3.8, 4) is 0 Å². The minimum atomic E-state index is -2.57. The zero-order valence-electron chi connectivity index (χ0n) is 6.01. The molecule has 64 valence electrons.